The number of aliphatic hydroxyl groups excluding tert-OH is 1. The number of benzene rings is 1. The van der Waals surface area contributed by atoms with Gasteiger partial charge in [0.25, 0.3) is 0 Å². The van der Waals surface area contributed by atoms with Gasteiger partial charge in [-0.2, -0.15) is 4.39 Å². The Hall–Kier alpha value is -1.42. The highest BCUT2D eigenvalue weighted by Gasteiger charge is 2.11. The average Bonchev–Trinajstić information content (AvgIpc) is 2.20. The van der Waals surface area contributed by atoms with E-state index in [1.165, 1.54) is 25.3 Å². The number of ether oxygens (including phenoxy) is 1. The molecule has 1 rings (SSSR count). The van der Waals surface area contributed by atoms with Crippen LogP contribution in [0.25, 0.3) is 6.08 Å². The van der Waals surface area contributed by atoms with Gasteiger partial charge in [-0.1, -0.05) is 12.2 Å². The third kappa shape index (κ3) is 2.09. The fraction of sp³-hybridized carbons (Fsp3) is 0.200. The van der Waals surface area contributed by atoms with E-state index in [-0.39, 0.29) is 12.4 Å². The molecule has 0 saturated carbocycles. The summed E-state index contributed by atoms with van der Waals surface area (Å²) in [6, 6.07) is 2.39. The van der Waals surface area contributed by atoms with Gasteiger partial charge in [-0.05, 0) is 12.1 Å². The Morgan fingerprint density at radius 1 is 1.43 bits per heavy atom. The van der Waals surface area contributed by atoms with E-state index < -0.39 is 11.6 Å². The molecule has 4 heteroatoms. The Morgan fingerprint density at radius 2 is 2.14 bits per heavy atom. The van der Waals surface area contributed by atoms with Gasteiger partial charge in [-0.25, -0.2) is 4.39 Å². The lowest BCUT2D eigenvalue weighted by atomic mass is 10.1. The van der Waals surface area contributed by atoms with E-state index in [1.54, 1.807) is 0 Å². The molecule has 0 aromatic heterocycles. The molecule has 1 N–H and O–H groups in total. The molecule has 0 unspecified atom stereocenters. The molecule has 0 spiro atoms. The van der Waals surface area contributed by atoms with Crippen molar-refractivity contribution in [1.82, 2.24) is 0 Å². The van der Waals surface area contributed by atoms with Gasteiger partial charge in [0.05, 0.1) is 13.7 Å². The second-order valence-electron chi connectivity index (χ2n) is 2.57. The molecule has 0 heterocycles. The van der Waals surface area contributed by atoms with E-state index >= 15 is 0 Å². The van der Waals surface area contributed by atoms with Crippen molar-refractivity contribution >= 4 is 6.08 Å². The fourth-order valence-electron chi connectivity index (χ4n) is 1.07. The Labute approximate surface area is 80.4 Å². The molecule has 0 saturated heterocycles. The Morgan fingerprint density at radius 3 is 2.71 bits per heavy atom. The monoisotopic (exact) mass is 200 g/mol. The van der Waals surface area contributed by atoms with E-state index in [0.29, 0.717) is 5.56 Å². The lowest BCUT2D eigenvalue weighted by molar-refractivity contribution is 0.343. The van der Waals surface area contributed by atoms with Crippen LogP contribution >= 0.6 is 0 Å². The largest absolute Gasteiger partial charge is 0.493 e. The van der Waals surface area contributed by atoms with Crippen molar-refractivity contribution < 1.29 is 18.6 Å². The SMILES string of the molecule is COc1c(/C=C/CO)ccc(F)c1F. The first kappa shape index (κ1) is 10.7. The molecular weight excluding hydrogens is 190 g/mol. The number of aliphatic hydroxyl groups is 1. The van der Waals surface area contributed by atoms with Crippen molar-refractivity contribution in [1.29, 1.82) is 0 Å². The first-order valence-electron chi connectivity index (χ1n) is 4.00. The second kappa shape index (κ2) is 4.72. The standard InChI is InChI=1S/C10H10F2O2/c1-14-10-7(3-2-6-13)4-5-8(11)9(10)12/h2-5,13H,6H2,1H3/b3-2+. The van der Waals surface area contributed by atoms with Gasteiger partial charge in [-0.3, -0.25) is 0 Å². The van der Waals surface area contributed by atoms with Crippen LogP contribution in [0.3, 0.4) is 0 Å². The summed E-state index contributed by atoms with van der Waals surface area (Å²) in [5.41, 5.74) is 0.389. The minimum atomic E-state index is -1.02. The van der Waals surface area contributed by atoms with Gasteiger partial charge in [0.15, 0.2) is 11.6 Å². The second-order valence-corrected chi connectivity index (χ2v) is 2.57. The molecule has 1 aromatic carbocycles. The van der Waals surface area contributed by atoms with Crippen LogP contribution in [-0.4, -0.2) is 18.8 Å². The van der Waals surface area contributed by atoms with Crippen LogP contribution in [0.4, 0.5) is 8.78 Å². The summed E-state index contributed by atoms with van der Waals surface area (Å²) in [7, 11) is 1.26. The summed E-state index contributed by atoms with van der Waals surface area (Å²) in [6.45, 7) is -0.165. The number of halogens is 2. The number of rotatable bonds is 3. The summed E-state index contributed by atoms with van der Waals surface area (Å²) >= 11 is 0. The smallest absolute Gasteiger partial charge is 0.201 e. The van der Waals surface area contributed by atoms with Gasteiger partial charge in [0, 0.05) is 5.56 Å². The van der Waals surface area contributed by atoms with Crippen LogP contribution in [0.2, 0.25) is 0 Å². The molecule has 0 amide bonds. The predicted molar refractivity (Wildman–Crippen MR) is 49.0 cm³/mol. The summed E-state index contributed by atoms with van der Waals surface area (Å²) < 4.78 is 30.5. The van der Waals surface area contributed by atoms with Gasteiger partial charge in [-0.15, -0.1) is 0 Å². The van der Waals surface area contributed by atoms with Gasteiger partial charge in [0.2, 0.25) is 5.82 Å². The van der Waals surface area contributed by atoms with E-state index in [0.717, 1.165) is 6.07 Å². The zero-order chi connectivity index (χ0) is 10.6. The third-order valence-corrected chi connectivity index (χ3v) is 1.69. The lowest BCUT2D eigenvalue weighted by Gasteiger charge is -2.06. The molecule has 2 nitrogen and oxygen atoms in total. The summed E-state index contributed by atoms with van der Waals surface area (Å²) in [6.07, 6.45) is 2.87. The first-order chi connectivity index (χ1) is 6.70. The van der Waals surface area contributed by atoms with Crippen molar-refractivity contribution in [2.24, 2.45) is 0 Å². The lowest BCUT2D eigenvalue weighted by Crippen LogP contribution is -1.94. The maximum absolute atomic E-state index is 13.1. The van der Waals surface area contributed by atoms with Crippen LogP contribution < -0.4 is 4.74 Å². The third-order valence-electron chi connectivity index (χ3n) is 1.69. The van der Waals surface area contributed by atoms with Crippen molar-refractivity contribution in [3.05, 3.63) is 35.4 Å². The van der Waals surface area contributed by atoms with Crippen molar-refractivity contribution in [2.45, 2.75) is 0 Å². The Balaban J connectivity index is 3.17. The molecule has 14 heavy (non-hydrogen) atoms. The topological polar surface area (TPSA) is 29.5 Å². The molecule has 0 aliphatic carbocycles. The number of hydrogen-bond donors (Lipinski definition) is 1. The highest BCUT2D eigenvalue weighted by Crippen LogP contribution is 2.25. The summed E-state index contributed by atoms with van der Waals surface area (Å²) in [5.74, 6) is -2.13. The molecule has 76 valence electrons. The van der Waals surface area contributed by atoms with Gasteiger partial charge >= 0.3 is 0 Å². The van der Waals surface area contributed by atoms with E-state index in [4.69, 9.17) is 9.84 Å². The van der Waals surface area contributed by atoms with E-state index in [9.17, 15) is 8.78 Å². The maximum atomic E-state index is 13.1. The van der Waals surface area contributed by atoms with Crippen LogP contribution in [0.15, 0.2) is 18.2 Å². The molecule has 1 aromatic rings. The van der Waals surface area contributed by atoms with E-state index in [1.807, 2.05) is 0 Å². The van der Waals surface area contributed by atoms with Gasteiger partial charge < -0.3 is 9.84 Å². The minimum absolute atomic E-state index is 0.158. The van der Waals surface area contributed by atoms with Crippen LogP contribution in [0, 0.1) is 11.6 Å². The van der Waals surface area contributed by atoms with E-state index in [2.05, 4.69) is 0 Å². The van der Waals surface area contributed by atoms with Crippen LogP contribution in [-0.2, 0) is 0 Å². The molecule has 0 aliphatic heterocycles. The molecule has 0 aliphatic rings. The zero-order valence-corrected chi connectivity index (χ0v) is 7.63. The van der Waals surface area contributed by atoms with Gasteiger partial charge in [0.1, 0.15) is 0 Å². The zero-order valence-electron chi connectivity index (χ0n) is 7.63. The Kier molecular flexibility index (Phi) is 3.59. The maximum Gasteiger partial charge on any atom is 0.201 e. The predicted octanol–water partition coefficient (Wildman–Crippen LogP) is 1.98. The molecule has 0 atom stereocenters. The van der Waals surface area contributed by atoms with Crippen molar-refractivity contribution in [2.75, 3.05) is 13.7 Å². The average molecular weight is 200 g/mol. The van der Waals surface area contributed by atoms with Crippen LogP contribution in [0.5, 0.6) is 5.75 Å². The quantitative estimate of drug-likeness (QED) is 0.808. The first-order valence-corrected chi connectivity index (χ1v) is 4.00. The van der Waals surface area contributed by atoms with Crippen molar-refractivity contribution in [3.8, 4) is 5.75 Å². The highest BCUT2D eigenvalue weighted by atomic mass is 19.2. The highest BCUT2D eigenvalue weighted by molar-refractivity contribution is 5.57. The minimum Gasteiger partial charge on any atom is -0.493 e. The molecule has 0 fully saturated rings. The number of methoxy groups -OCH3 is 1. The fourth-order valence-corrected chi connectivity index (χ4v) is 1.07. The van der Waals surface area contributed by atoms with Crippen LogP contribution in [0.1, 0.15) is 5.56 Å². The Bertz CT molecular complexity index is 348. The summed E-state index contributed by atoms with van der Waals surface area (Å²) in [4.78, 5) is 0. The number of hydrogen-bond acceptors (Lipinski definition) is 2. The molecule has 0 bridgehead atoms. The normalized spacial score (nSPS) is 10.9. The molecule has 0 radical (unpaired) electrons. The summed E-state index contributed by atoms with van der Waals surface area (Å²) in [5, 5.41) is 8.52. The van der Waals surface area contributed by atoms with Crippen molar-refractivity contribution in [3.63, 3.8) is 0 Å². The molecular formula is C10H10F2O2.